The second-order valence-electron chi connectivity index (χ2n) is 8.95. The van der Waals surface area contributed by atoms with Crippen molar-refractivity contribution in [2.24, 2.45) is 5.92 Å². The van der Waals surface area contributed by atoms with Crippen LogP contribution in [0.1, 0.15) is 55.7 Å². The first-order chi connectivity index (χ1) is 15.9. The van der Waals surface area contributed by atoms with Gasteiger partial charge in [0, 0.05) is 29.9 Å². The van der Waals surface area contributed by atoms with Crippen molar-refractivity contribution in [2.45, 2.75) is 52.6 Å². The normalized spacial score (nSPS) is 15.1. The number of hydrogen-bond donors (Lipinski definition) is 1. The summed E-state index contributed by atoms with van der Waals surface area (Å²) >= 11 is 0. The fraction of sp³-hybridized carbons (Fsp3) is 0.440. The van der Waals surface area contributed by atoms with Gasteiger partial charge >= 0.3 is 0 Å². The van der Waals surface area contributed by atoms with Crippen LogP contribution < -0.4 is 5.32 Å². The van der Waals surface area contributed by atoms with Crippen molar-refractivity contribution in [1.29, 1.82) is 0 Å². The molecule has 0 atom stereocenters. The largest absolute Gasteiger partial charge is 0.327 e. The molecule has 174 valence electrons. The van der Waals surface area contributed by atoms with Gasteiger partial charge < -0.3 is 9.88 Å². The monoisotopic (exact) mass is 449 g/mol. The maximum absolute atomic E-state index is 12.6. The van der Waals surface area contributed by atoms with Gasteiger partial charge in [-0.1, -0.05) is 20.3 Å². The summed E-state index contributed by atoms with van der Waals surface area (Å²) in [4.78, 5) is 30.4. The van der Waals surface area contributed by atoms with E-state index in [0.29, 0.717) is 11.3 Å². The van der Waals surface area contributed by atoms with Crippen LogP contribution in [-0.4, -0.2) is 38.4 Å². The lowest BCUT2D eigenvalue weighted by molar-refractivity contribution is -0.384. The van der Waals surface area contributed by atoms with Gasteiger partial charge in [0.05, 0.1) is 22.5 Å². The van der Waals surface area contributed by atoms with E-state index in [-0.39, 0.29) is 11.6 Å². The average molecular weight is 450 g/mol. The van der Waals surface area contributed by atoms with E-state index in [4.69, 9.17) is 4.98 Å². The number of non-ortho nitro benzene ring substituents is 1. The minimum absolute atomic E-state index is 0.0405. The molecule has 8 heteroatoms. The molecule has 1 fully saturated rings. The number of imidazole rings is 1. The number of hydrogen-bond acceptors (Lipinski definition) is 5. The summed E-state index contributed by atoms with van der Waals surface area (Å²) in [5, 5.41) is 13.7. The van der Waals surface area contributed by atoms with E-state index in [1.54, 1.807) is 0 Å². The number of carbonyl (C=O) groups is 1. The molecule has 0 spiro atoms. The number of nitro benzene ring substituents is 1. The van der Waals surface area contributed by atoms with Gasteiger partial charge in [-0.3, -0.25) is 19.8 Å². The third-order valence-electron chi connectivity index (χ3n) is 6.40. The predicted octanol–water partition coefficient (Wildman–Crippen LogP) is 5.23. The lowest BCUT2D eigenvalue weighted by atomic mass is 9.99. The van der Waals surface area contributed by atoms with Gasteiger partial charge in [-0.15, -0.1) is 0 Å². The predicted molar refractivity (Wildman–Crippen MR) is 129 cm³/mol. The van der Waals surface area contributed by atoms with E-state index < -0.39 is 4.92 Å². The number of nitro groups is 1. The van der Waals surface area contributed by atoms with Crippen molar-refractivity contribution in [3.05, 3.63) is 64.0 Å². The Balaban J connectivity index is 1.54. The van der Waals surface area contributed by atoms with Gasteiger partial charge in [0.15, 0.2) is 0 Å². The van der Waals surface area contributed by atoms with E-state index >= 15 is 0 Å². The van der Waals surface area contributed by atoms with Gasteiger partial charge in [-0.2, -0.15) is 0 Å². The highest BCUT2D eigenvalue weighted by Crippen LogP contribution is 2.24. The Morgan fingerprint density at radius 2 is 1.91 bits per heavy atom. The van der Waals surface area contributed by atoms with Gasteiger partial charge in [0.25, 0.3) is 11.6 Å². The Bertz CT molecular complexity index is 1130. The second kappa shape index (κ2) is 10.1. The number of benzene rings is 2. The molecule has 1 amide bonds. The van der Waals surface area contributed by atoms with Crippen LogP contribution in [0.5, 0.6) is 0 Å². The van der Waals surface area contributed by atoms with Crippen LogP contribution in [-0.2, 0) is 13.1 Å². The van der Waals surface area contributed by atoms with Crippen LogP contribution in [0.25, 0.3) is 11.0 Å². The summed E-state index contributed by atoms with van der Waals surface area (Å²) in [6, 6.07) is 11.4. The highest BCUT2D eigenvalue weighted by Gasteiger charge is 2.19. The SMILES string of the molecule is CCCCn1c(CN2CCC(C)CC2)nc2cc(NC(=O)c3ccc([N+](=O)[O-])cc3)ccc21. The van der Waals surface area contributed by atoms with E-state index in [0.717, 1.165) is 61.8 Å². The fourth-order valence-electron chi connectivity index (χ4n) is 4.30. The van der Waals surface area contributed by atoms with Gasteiger partial charge in [-0.05, 0) is 68.6 Å². The minimum Gasteiger partial charge on any atom is -0.327 e. The molecule has 1 aliphatic rings. The Morgan fingerprint density at radius 3 is 2.58 bits per heavy atom. The zero-order valence-electron chi connectivity index (χ0n) is 19.3. The smallest absolute Gasteiger partial charge is 0.269 e. The molecule has 33 heavy (non-hydrogen) atoms. The highest BCUT2D eigenvalue weighted by atomic mass is 16.6. The number of nitrogens with one attached hydrogen (secondary N) is 1. The third-order valence-corrected chi connectivity index (χ3v) is 6.40. The van der Waals surface area contributed by atoms with Crippen molar-refractivity contribution in [3.63, 3.8) is 0 Å². The first-order valence-corrected chi connectivity index (χ1v) is 11.7. The Labute approximate surface area is 193 Å². The van der Waals surface area contributed by atoms with E-state index in [1.807, 2.05) is 18.2 Å². The van der Waals surface area contributed by atoms with Crippen LogP contribution in [0.2, 0.25) is 0 Å². The molecule has 3 aromatic rings. The van der Waals surface area contributed by atoms with Crippen molar-refractivity contribution < 1.29 is 9.72 Å². The van der Waals surface area contributed by atoms with Crippen LogP contribution in [0, 0.1) is 16.0 Å². The minimum atomic E-state index is -0.480. The van der Waals surface area contributed by atoms with Crippen molar-refractivity contribution in [1.82, 2.24) is 14.5 Å². The quantitative estimate of drug-likeness (QED) is 0.375. The van der Waals surface area contributed by atoms with E-state index in [9.17, 15) is 14.9 Å². The molecule has 0 unspecified atom stereocenters. The van der Waals surface area contributed by atoms with Crippen LogP contribution >= 0.6 is 0 Å². The number of unbranched alkanes of at least 4 members (excludes halogenated alkanes) is 1. The zero-order chi connectivity index (χ0) is 23.4. The first-order valence-electron chi connectivity index (χ1n) is 11.7. The molecule has 1 aromatic heterocycles. The summed E-state index contributed by atoms with van der Waals surface area (Å²) < 4.78 is 2.32. The van der Waals surface area contributed by atoms with E-state index in [2.05, 4.69) is 28.6 Å². The van der Waals surface area contributed by atoms with Crippen molar-refractivity contribution in [2.75, 3.05) is 18.4 Å². The molecule has 1 aliphatic heterocycles. The Kier molecular flexibility index (Phi) is 7.03. The maximum Gasteiger partial charge on any atom is 0.269 e. The molecule has 1 N–H and O–H groups in total. The molecule has 2 aromatic carbocycles. The van der Waals surface area contributed by atoms with Gasteiger partial charge in [0.1, 0.15) is 5.82 Å². The number of carbonyl (C=O) groups excluding carboxylic acids is 1. The first kappa shape index (κ1) is 22.9. The molecule has 4 rings (SSSR count). The fourth-order valence-corrected chi connectivity index (χ4v) is 4.30. The molecular weight excluding hydrogens is 418 g/mol. The molecule has 0 bridgehead atoms. The Hall–Kier alpha value is -3.26. The number of amides is 1. The van der Waals surface area contributed by atoms with Gasteiger partial charge in [0.2, 0.25) is 0 Å². The Morgan fingerprint density at radius 1 is 1.18 bits per heavy atom. The van der Waals surface area contributed by atoms with Crippen molar-refractivity contribution >= 4 is 28.3 Å². The number of likely N-dealkylation sites (tertiary alicyclic amines) is 1. The summed E-state index contributed by atoms with van der Waals surface area (Å²) in [6.45, 7) is 8.50. The number of rotatable bonds is 8. The van der Waals surface area contributed by atoms with Gasteiger partial charge in [-0.25, -0.2) is 4.98 Å². The summed E-state index contributed by atoms with van der Waals surface area (Å²) in [5.74, 6) is 1.56. The van der Waals surface area contributed by atoms with Crippen LogP contribution in [0.3, 0.4) is 0 Å². The zero-order valence-corrected chi connectivity index (χ0v) is 19.3. The van der Waals surface area contributed by atoms with Crippen LogP contribution in [0.4, 0.5) is 11.4 Å². The summed E-state index contributed by atoms with van der Waals surface area (Å²) in [7, 11) is 0. The number of anilines is 1. The maximum atomic E-state index is 12.6. The van der Waals surface area contributed by atoms with E-state index in [1.165, 1.54) is 37.1 Å². The lowest BCUT2D eigenvalue weighted by Gasteiger charge is -2.30. The molecule has 2 heterocycles. The third kappa shape index (κ3) is 5.39. The molecule has 1 saturated heterocycles. The molecule has 8 nitrogen and oxygen atoms in total. The summed E-state index contributed by atoms with van der Waals surface area (Å²) in [5.41, 5.74) is 2.94. The number of fused-ring (bicyclic) bond motifs is 1. The highest BCUT2D eigenvalue weighted by molar-refractivity contribution is 6.05. The number of piperidine rings is 1. The molecular formula is C25H31N5O3. The number of nitrogens with zero attached hydrogens (tertiary/aromatic N) is 4. The molecule has 0 radical (unpaired) electrons. The van der Waals surface area contributed by atoms with Crippen LogP contribution in [0.15, 0.2) is 42.5 Å². The van der Waals surface area contributed by atoms with Crippen molar-refractivity contribution in [3.8, 4) is 0 Å². The second-order valence-corrected chi connectivity index (χ2v) is 8.95. The topological polar surface area (TPSA) is 93.3 Å². The number of aromatic nitrogens is 2. The summed E-state index contributed by atoms with van der Waals surface area (Å²) in [6.07, 6.45) is 4.67. The lowest BCUT2D eigenvalue weighted by Crippen LogP contribution is -2.33. The number of aryl methyl sites for hydroxylation is 1. The standard InChI is InChI=1S/C25H31N5O3/c1-3-4-13-29-23-10-7-20(26-25(31)19-5-8-21(9-6-19)30(32)33)16-22(23)27-24(29)17-28-14-11-18(2)12-15-28/h5-10,16,18H,3-4,11-15,17H2,1-2H3,(H,26,31). The molecule has 0 aliphatic carbocycles. The molecule has 0 saturated carbocycles. The average Bonchev–Trinajstić information content (AvgIpc) is 3.15.